The van der Waals surface area contributed by atoms with Crippen molar-refractivity contribution in [2.24, 2.45) is 11.3 Å². The van der Waals surface area contributed by atoms with Crippen molar-refractivity contribution in [3.8, 4) is 0 Å². The lowest BCUT2D eigenvalue weighted by molar-refractivity contribution is -0.134. The number of hydrogen-bond acceptors (Lipinski definition) is 2. The van der Waals surface area contributed by atoms with E-state index in [0.717, 1.165) is 50.8 Å². The molecule has 3 fully saturated rings. The fraction of sp³-hybridized carbons (Fsp3) is 0.556. The third-order valence-electron chi connectivity index (χ3n) is 5.53. The highest BCUT2D eigenvalue weighted by atomic mass is 16.2. The largest absolute Gasteiger partial charge is 0.349 e. The van der Waals surface area contributed by atoms with Crippen LogP contribution in [-0.4, -0.2) is 35.8 Å². The van der Waals surface area contributed by atoms with Crippen molar-refractivity contribution in [2.45, 2.75) is 38.1 Å². The van der Waals surface area contributed by atoms with E-state index in [1.165, 1.54) is 0 Å². The summed E-state index contributed by atoms with van der Waals surface area (Å²) in [5.41, 5.74) is 0.982. The standard InChI is InChI=1S/C18H22N2O2/c21-16(13-4-2-1-3-5-13)19-15-12-18(15)8-10-20(11-9-18)17(22)14-6-7-14/h1-5,14-15H,6-12H2,(H,19,21). The molecule has 1 heterocycles. The van der Waals surface area contributed by atoms with E-state index in [4.69, 9.17) is 0 Å². The van der Waals surface area contributed by atoms with E-state index >= 15 is 0 Å². The van der Waals surface area contributed by atoms with Gasteiger partial charge < -0.3 is 10.2 Å². The normalized spacial score (nSPS) is 25.8. The third kappa shape index (κ3) is 2.51. The minimum Gasteiger partial charge on any atom is -0.349 e. The van der Waals surface area contributed by atoms with Gasteiger partial charge in [0.1, 0.15) is 0 Å². The Morgan fingerprint density at radius 3 is 2.41 bits per heavy atom. The highest BCUT2D eigenvalue weighted by Crippen LogP contribution is 2.54. The van der Waals surface area contributed by atoms with Gasteiger partial charge in [-0.05, 0) is 49.7 Å². The molecule has 0 radical (unpaired) electrons. The van der Waals surface area contributed by atoms with Crippen LogP contribution in [0.2, 0.25) is 0 Å². The Kier molecular flexibility index (Phi) is 3.21. The smallest absolute Gasteiger partial charge is 0.251 e. The number of benzene rings is 1. The predicted molar refractivity (Wildman–Crippen MR) is 83.3 cm³/mol. The first-order valence-electron chi connectivity index (χ1n) is 8.33. The molecule has 2 amide bonds. The van der Waals surface area contributed by atoms with E-state index in [0.29, 0.717) is 17.9 Å². The number of nitrogens with zero attached hydrogens (tertiary/aromatic N) is 1. The number of carbonyl (C=O) groups is 2. The van der Waals surface area contributed by atoms with Gasteiger partial charge in [0.2, 0.25) is 5.91 Å². The number of carbonyl (C=O) groups excluding carboxylic acids is 2. The van der Waals surface area contributed by atoms with Crippen molar-refractivity contribution in [2.75, 3.05) is 13.1 Å². The summed E-state index contributed by atoms with van der Waals surface area (Å²) in [7, 11) is 0. The molecule has 1 N–H and O–H groups in total. The minimum atomic E-state index is 0.0268. The summed E-state index contributed by atoms with van der Waals surface area (Å²) in [6.07, 6.45) is 5.29. The molecule has 2 saturated carbocycles. The molecule has 1 saturated heterocycles. The second-order valence-electron chi connectivity index (χ2n) is 7.06. The zero-order valence-electron chi connectivity index (χ0n) is 12.8. The molecule has 2 aliphatic carbocycles. The van der Waals surface area contributed by atoms with E-state index in [-0.39, 0.29) is 11.3 Å². The van der Waals surface area contributed by atoms with Gasteiger partial charge in [0.05, 0.1) is 0 Å². The predicted octanol–water partition coefficient (Wildman–Crippen LogP) is 2.21. The summed E-state index contributed by atoms with van der Waals surface area (Å²) in [4.78, 5) is 26.3. The second-order valence-corrected chi connectivity index (χ2v) is 7.06. The van der Waals surface area contributed by atoms with Gasteiger partial charge in [-0.1, -0.05) is 18.2 Å². The molecule has 22 heavy (non-hydrogen) atoms. The van der Waals surface area contributed by atoms with Gasteiger partial charge in [0.15, 0.2) is 0 Å². The van der Waals surface area contributed by atoms with E-state index in [9.17, 15) is 9.59 Å². The van der Waals surface area contributed by atoms with Gasteiger partial charge in [-0.15, -0.1) is 0 Å². The SMILES string of the molecule is O=C(NC1CC12CCN(C(=O)C1CC1)CC2)c1ccccc1. The van der Waals surface area contributed by atoms with Crippen molar-refractivity contribution in [3.63, 3.8) is 0 Å². The first kappa shape index (κ1) is 13.8. The quantitative estimate of drug-likeness (QED) is 0.930. The van der Waals surface area contributed by atoms with Gasteiger partial charge in [0.25, 0.3) is 5.91 Å². The van der Waals surface area contributed by atoms with E-state index in [1.807, 2.05) is 35.2 Å². The van der Waals surface area contributed by atoms with Crippen molar-refractivity contribution in [1.82, 2.24) is 10.2 Å². The van der Waals surface area contributed by atoms with E-state index < -0.39 is 0 Å². The molecular weight excluding hydrogens is 276 g/mol. The lowest BCUT2D eigenvalue weighted by Gasteiger charge is -2.33. The maximum atomic E-state index is 12.2. The van der Waals surface area contributed by atoms with Crippen LogP contribution in [0, 0.1) is 11.3 Å². The van der Waals surface area contributed by atoms with Crippen LogP contribution >= 0.6 is 0 Å². The fourth-order valence-electron chi connectivity index (χ4n) is 3.70. The Morgan fingerprint density at radius 2 is 1.77 bits per heavy atom. The minimum absolute atomic E-state index is 0.0268. The van der Waals surface area contributed by atoms with Crippen LogP contribution in [-0.2, 0) is 4.79 Å². The lowest BCUT2D eigenvalue weighted by Crippen LogP contribution is -2.42. The lowest BCUT2D eigenvalue weighted by atomic mass is 9.92. The Morgan fingerprint density at radius 1 is 1.09 bits per heavy atom. The molecule has 0 aromatic heterocycles. The zero-order chi connectivity index (χ0) is 15.2. The van der Waals surface area contributed by atoms with Gasteiger partial charge in [-0.3, -0.25) is 9.59 Å². The van der Waals surface area contributed by atoms with Gasteiger partial charge in [-0.25, -0.2) is 0 Å². The van der Waals surface area contributed by atoms with Crippen molar-refractivity contribution < 1.29 is 9.59 Å². The van der Waals surface area contributed by atoms with Crippen molar-refractivity contribution in [3.05, 3.63) is 35.9 Å². The molecule has 1 atom stereocenters. The number of piperidine rings is 1. The molecule has 4 heteroatoms. The van der Waals surface area contributed by atoms with Crippen LogP contribution in [0.1, 0.15) is 42.5 Å². The third-order valence-corrected chi connectivity index (χ3v) is 5.53. The zero-order valence-corrected chi connectivity index (χ0v) is 12.8. The van der Waals surface area contributed by atoms with Crippen LogP contribution < -0.4 is 5.32 Å². The molecule has 1 aliphatic heterocycles. The molecule has 1 spiro atoms. The summed E-state index contributed by atoms with van der Waals surface area (Å²) >= 11 is 0. The molecule has 3 aliphatic rings. The molecule has 4 nitrogen and oxygen atoms in total. The first-order chi connectivity index (χ1) is 10.7. The molecule has 0 bridgehead atoms. The maximum absolute atomic E-state index is 12.2. The Balaban J connectivity index is 1.31. The molecule has 116 valence electrons. The van der Waals surface area contributed by atoms with Crippen LogP contribution in [0.25, 0.3) is 0 Å². The monoisotopic (exact) mass is 298 g/mol. The summed E-state index contributed by atoms with van der Waals surface area (Å²) in [5, 5.41) is 3.17. The highest BCUT2D eigenvalue weighted by molar-refractivity contribution is 5.94. The highest BCUT2D eigenvalue weighted by Gasteiger charge is 2.56. The fourth-order valence-corrected chi connectivity index (χ4v) is 3.70. The van der Waals surface area contributed by atoms with E-state index in [2.05, 4.69) is 5.32 Å². The van der Waals surface area contributed by atoms with Crippen LogP contribution in [0.4, 0.5) is 0 Å². The summed E-state index contributed by atoms with van der Waals surface area (Å²) < 4.78 is 0. The number of rotatable bonds is 3. The van der Waals surface area contributed by atoms with Crippen LogP contribution in [0.5, 0.6) is 0 Å². The second kappa shape index (κ2) is 5.11. The van der Waals surface area contributed by atoms with E-state index in [1.54, 1.807) is 0 Å². The van der Waals surface area contributed by atoms with Crippen LogP contribution in [0.15, 0.2) is 30.3 Å². The van der Waals surface area contributed by atoms with Gasteiger partial charge in [0, 0.05) is 30.6 Å². The molecule has 1 aromatic carbocycles. The summed E-state index contributed by atoms with van der Waals surface area (Å²) in [6, 6.07) is 9.68. The molecule has 1 unspecified atom stereocenters. The number of nitrogens with one attached hydrogen (secondary N) is 1. The van der Waals surface area contributed by atoms with Gasteiger partial charge >= 0.3 is 0 Å². The van der Waals surface area contributed by atoms with Crippen molar-refractivity contribution in [1.29, 1.82) is 0 Å². The van der Waals surface area contributed by atoms with Gasteiger partial charge in [-0.2, -0.15) is 0 Å². The Bertz CT molecular complexity index is 586. The summed E-state index contributed by atoms with van der Waals surface area (Å²) in [6.45, 7) is 1.74. The number of hydrogen-bond donors (Lipinski definition) is 1. The molecular formula is C18H22N2O2. The van der Waals surface area contributed by atoms with Crippen LogP contribution in [0.3, 0.4) is 0 Å². The average Bonchev–Trinajstić information content (AvgIpc) is 3.47. The Labute approximate surface area is 130 Å². The maximum Gasteiger partial charge on any atom is 0.251 e. The topological polar surface area (TPSA) is 49.4 Å². The Hall–Kier alpha value is -1.84. The number of likely N-dealkylation sites (tertiary alicyclic amines) is 1. The van der Waals surface area contributed by atoms with Crippen molar-refractivity contribution >= 4 is 11.8 Å². The molecule has 1 aromatic rings. The first-order valence-corrected chi connectivity index (χ1v) is 8.33. The molecule has 4 rings (SSSR count). The average molecular weight is 298 g/mol. The summed E-state index contributed by atoms with van der Waals surface area (Å²) in [5.74, 6) is 0.709. The number of amides is 2.